The van der Waals surface area contributed by atoms with E-state index < -0.39 is 12.0 Å². The first-order valence-corrected chi connectivity index (χ1v) is 10.8. The number of piperidine rings is 2. The van der Waals surface area contributed by atoms with Crippen molar-refractivity contribution in [3.8, 4) is 0 Å². The average molecular weight is 422 g/mol. The second-order valence-corrected chi connectivity index (χ2v) is 8.82. The molecule has 0 N–H and O–H groups in total. The summed E-state index contributed by atoms with van der Waals surface area (Å²) in [5.41, 5.74) is 0.908. The first-order chi connectivity index (χ1) is 14.3. The summed E-state index contributed by atoms with van der Waals surface area (Å²) in [6.45, 7) is 6.11. The van der Waals surface area contributed by atoms with Crippen LogP contribution >= 0.6 is 0 Å². The maximum Gasteiger partial charge on any atom is 0.449 e. The summed E-state index contributed by atoms with van der Waals surface area (Å²) < 4.78 is 41.9. The summed E-state index contributed by atoms with van der Waals surface area (Å²) in [6, 6.07) is 6.77. The normalized spacial score (nSPS) is 20.2. The molecule has 3 heterocycles. The molecule has 2 fully saturated rings. The van der Waals surface area contributed by atoms with Crippen molar-refractivity contribution in [3.63, 3.8) is 0 Å². The quantitative estimate of drug-likeness (QED) is 0.747. The van der Waals surface area contributed by atoms with Crippen LogP contribution < -0.4 is 0 Å². The number of fused-ring (bicyclic) bond motifs is 1. The molecule has 0 atom stereocenters. The highest BCUT2D eigenvalue weighted by atomic mass is 19.4. The van der Waals surface area contributed by atoms with Crippen LogP contribution in [0.3, 0.4) is 0 Å². The minimum Gasteiger partial charge on any atom is -0.342 e. The van der Waals surface area contributed by atoms with Gasteiger partial charge in [-0.2, -0.15) is 13.2 Å². The van der Waals surface area contributed by atoms with E-state index in [1.165, 1.54) is 4.57 Å². The van der Waals surface area contributed by atoms with Crippen LogP contribution in [-0.4, -0.2) is 58.0 Å². The lowest BCUT2D eigenvalue weighted by molar-refractivity contribution is -0.147. The largest absolute Gasteiger partial charge is 0.449 e. The molecule has 2 aliphatic heterocycles. The summed E-state index contributed by atoms with van der Waals surface area (Å²) in [5, 5.41) is 0. The zero-order valence-electron chi connectivity index (χ0n) is 17.4. The predicted octanol–water partition coefficient (Wildman–Crippen LogP) is 4.03. The second-order valence-electron chi connectivity index (χ2n) is 8.82. The first-order valence-electron chi connectivity index (χ1n) is 10.8. The van der Waals surface area contributed by atoms with Gasteiger partial charge in [-0.15, -0.1) is 0 Å². The number of hydrogen-bond acceptors (Lipinski definition) is 3. The number of hydrogen-bond donors (Lipinski definition) is 0. The van der Waals surface area contributed by atoms with Crippen molar-refractivity contribution in [3.05, 3.63) is 30.1 Å². The molecule has 2 saturated heterocycles. The van der Waals surface area contributed by atoms with Crippen LogP contribution in [0.1, 0.15) is 38.4 Å². The van der Waals surface area contributed by atoms with Crippen LogP contribution in [0, 0.1) is 11.8 Å². The Bertz CT molecular complexity index is 878. The van der Waals surface area contributed by atoms with Crippen molar-refractivity contribution in [2.45, 2.75) is 45.3 Å². The van der Waals surface area contributed by atoms with Crippen LogP contribution in [0.25, 0.3) is 11.0 Å². The number of para-hydroxylation sites is 2. The molecule has 4 rings (SSSR count). The van der Waals surface area contributed by atoms with Crippen molar-refractivity contribution in [2.24, 2.45) is 11.8 Å². The van der Waals surface area contributed by atoms with Gasteiger partial charge in [0.25, 0.3) is 0 Å². The van der Waals surface area contributed by atoms with Gasteiger partial charge < -0.3 is 9.47 Å². The minimum atomic E-state index is -4.47. The number of imidazole rings is 1. The Morgan fingerprint density at radius 1 is 1.07 bits per heavy atom. The van der Waals surface area contributed by atoms with E-state index in [1.54, 1.807) is 24.3 Å². The van der Waals surface area contributed by atoms with Gasteiger partial charge in [0, 0.05) is 19.6 Å². The molecule has 0 radical (unpaired) electrons. The summed E-state index contributed by atoms with van der Waals surface area (Å²) >= 11 is 0. The molecule has 1 aromatic carbocycles. The number of halogens is 3. The maximum absolute atomic E-state index is 13.5. The Kier molecular flexibility index (Phi) is 6.04. The lowest BCUT2D eigenvalue weighted by Crippen LogP contribution is -2.46. The smallest absolute Gasteiger partial charge is 0.342 e. The van der Waals surface area contributed by atoms with Gasteiger partial charge in [0.1, 0.15) is 0 Å². The van der Waals surface area contributed by atoms with Crippen LogP contribution in [-0.2, 0) is 17.5 Å². The number of amides is 1. The van der Waals surface area contributed by atoms with Gasteiger partial charge in [0.2, 0.25) is 11.7 Å². The third kappa shape index (κ3) is 4.63. The number of carbonyl (C=O) groups is 1. The van der Waals surface area contributed by atoms with Crippen LogP contribution in [0.5, 0.6) is 0 Å². The highest BCUT2D eigenvalue weighted by molar-refractivity contribution is 5.78. The van der Waals surface area contributed by atoms with E-state index in [2.05, 4.69) is 16.8 Å². The summed E-state index contributed by atoms with van der Waals surface area (Å²) in [4.78, 5) is 20.5. The number of aromatic nitrogens is 2. The Morgan fingerprint density at radius 2 is 1.73 bits per heavy atom. The fourth-order valence-corrected chi connectivity index (χ4v) is 4.61. The molecule has 8 heteroatoms. The molecule has 0 aliphatic carbocycles. The second kappa shape index (κ2) is 8.57. The van der Waals surface area contributed by atoms with Gasteiger partial charge in [-0.1, -0.05) is 19.1 Å². The van der Waals surface area contributed by atoms with Crippen molar-refractivity contribution in [2.75, 3.05) is 32.7 Å². The highest BCUT2D eigenvalue weighted by Gasteiger charge is 2.38. The summed E-state index contributed by atoms with van der Waals surface area (Å²) in [7, 11) is 0. The number of nitrogens with zero attached hydrogens (tertiary/aromatic N) is 4. The van der Waals surface area contributed by atoms with Gasteiger partial charge in [0.05, 0.1) is 17.6 Å². The fraction of sp³-hybridized carbons (Fsp3) is 0.636. The van der Waals surface area contributed by atoms with Gasteiger partial charge in [-0.3, -0.25) is 9.69 Å². The summed E-state index contributed by atoms with van der Waals surface area (Å²) in [5.74, 6) is 0.192. The molecule has 2 aromatic rings. The predicted molar refractivity (Wildman–Crippen MR) is 109 cm³/mol. The van der Waals surface area contributed by atoms with Gasteiger partial charge >= 0.3 is 6.18 Å². The number of carbonyl (C=O) groups excluding carboxylic acids is 1. The molecular weight excluding hydrogens is 393 g/mol. The first kappa shape index (κ1) is 21.2. The Morgan fingerprint density at radius 3 is 2.40 bits per heavy atom. The van der Waals surface area contributed by atoms with Crippen molar-refractivity contribution in [1.82, 2.24) is 19.4 Å². The molecule has 0 saturated carbocycles. The monoisotopic (exact) mass is 422 g/mol. The number of alkyl halides is 3. The Labute approximate surface area is 174 Å². The molecule has 164 valence electrons. The highest BCUT2D eigenvalue weighted by Crippen LogP contribution is 2.33. The third-order valence-corrected chi connectivity index (χ3v) is 6.55. The van der Waals surface area contributed by atoms with E-state index in [0.717, 1.165) is 51.9 Å². The van der Waals surface area contributed by atoms with E-state index in [-0.39, 0.29) is 11.8 Å². The van der Waals surface area contributed by atoms with Crippen molar-refractivity contribution < 1.29 is 18.0 Å². The standard InChI is InChI=1S/C22H29F3N4O/c1-16-6-12-28(13-7-16)20(30)15-27-10-8-17(9-11-27)14-29-19-5-3-2-4-18(19)26-21(29)22(23,24)25/h2-5,16-17H,6-15H2,1H3. The van der Waals surface area contributed by atoms with Crippen molar-refractivity contribution >= 4 is 16.9 Å². The molecule has 1 amide bonds. The zero-order chi connectivity index (χ0) is 21.3. The van der Waals surface area contributed by atoms with Crippen molar-refractivity contribution in [1.29, 1.82) is 0 Å². The van der Waals surface area contributed by atoms with Crippen LogP contribution in [0.15, 0.2) is 24.3 Å². The summed E-state index contributed by atoms with van der Waals surface area (Å²) in [6.07, 6.45) is -0.775. The average Bonchev–Trinajstić information content (AvgIpc) is 3.09. The Hall–Kier alpha value is -2.09. The minimum absolute atomic E-state index is 0.144. The zero-order valence-corrected chi connectivity index (χ0v) is 17.4. The molecule has 2 aliphatic rings. The SMILES string of the molecule is CC1CCN(C(=O)CN2CCC(Cn3c(C(F)(F)F)nc4ccccc43)CC2)CC1. The van der Waals surface area contributed by atoms with Crippen LogP contribution in [0.4, 0.5) is 13.2 Å². The van der Waals surface area contributed by atoms with E-state index in [9.17, 15) is 18.0 Å². The lowest BCUT2D eigenvalue weighted by Gasteiger charge is -2.35. The van der Waals surface area contributed by atoms with E-state index >= 15 is 0 Å². The van der Waals surface area contributed by atoms with E-state index in [0.29, 0.717) is 30.0 Å². The molecule has 5 nitrogen and oxygen atoms in total. The molecule has 0 bridgehead atoms. The molecule has 0 spiro atoms. The number of benzene rings is 1. The fourth-order valence-electron chi connectivity index (χ4n) is 4.61. The van der Waals surface area contributed by atoms with E-state index in [1.807, 2.05) is 4.90 Å². The topological polar surface area (TPSA) is 41.4 Å². The molecule has 0 unspecified atom stereocenters. The number of likely N-dealkylation sites (tertiary alicyclic amines) is 2. The number of rotatable bonds is 4. The lowest BCUT2D eigenvalue weighted by atomic mass is 9.96. The van der Waals surface area contributed by atoms with E-state index in [4.69, 9.17) is 0 Å². The Balaban J connectivity index is 1.36. The third-order valence-electron chi connectivity index (χ3n) is 6.55. The molecule has 1 aromatic heterocycles. The van der Waals surface area contributed by atoms with Gasteiger partial charge in [-0.05, 0) is 62.7 Å². The van der Waals surface area contributed by atoms with Gasteiger partial charge in [-0.25, -0.2) is 4.98 Å². The molecule has 30 heavy (non-hydrogen) atoms. The van der Waals surface area contributed by atoms with Gasteiger partial charge in [0.15, 0.2) is 0 Å². The maximum atomic E-state index is 13.5. The molecular formula is C22H29F3N4O. The van der Waals surface area contributed by atoms with Crippen LogP contribution in [0.2, 0.25) is 0 Å².